The highest BCUT2D eigenvalue weighted by Gasteiger charge is 2.14. The number of thiophene rings is 1. The fourth-order valence-corrected chi connectivity index (χ4v) is 2.26. The molecule has 1 heterocycles. The van der Waals surface area contributed by atoms with Crippen molar-refractivity contribution in [3.63, 3.8) is 0 Å². The molecule has 0 aliphatic rings. The maximum absolute atomic E-state index is 11.0. The van der Waals surface area contributed by atoms with Crippen molar-refractivity contribution in [1.82, 2.24) is 0 Å². The Balaban J connectivity index is 3.07. The Labute approximate surface area is 81.5 Å². The first-order chi connectivity index (χ1) is 5.69. The van der Waals surface area contributed by atoms with Crippen LogP contribution in [0.25, 0.3) is 0 Å². The SMILES string of the molecule is COC(=O)c1sc(C=O)cc1Br. The van der Waals surface area contributed by atoms with Gasteiger partial charge < -0.3 is 4.74 Å². The maximum Gasteiger partial charge on any atom is 0.349 e. The molecule has 0 atom stereocenters. The molecule has 0 bridgehead atoms. The van der Waals surface area contributed by atoms with E-state index in [0.29, 0.717) is 20.5 Å². The average molecular weight is 249 g/mol. The van der Waals surface area contributed by atoms with Gasteiger partial charge in [0.2, 0.25) is 0 Å². The fourth-order valence-electron chi connectivity index (χ4n) is 0.676. The lowest BCUT2D eigenvalue weighted by Gasteiger charge is -1.93. The third-order valence-corrected chi connectivity index (χ3v) is 3.12. The fraction of sp³-hybridized carbons (Fsp3) is 0.143. The Morgan fingerprint density at radius 2 is 2.42 bits per heavy atom. The van der Waals surface area contributed by atoms with Gasteiger partial charge in [-0.15, -0.1) is 11.3 Å². The van der Waals surface area contributed by atoms with Gasteiger partial charge in [0.15, 0.2) is 6.29 Å². The van der Waals surface area contributed by atoms with E-state index in [1.807, 2.05) is 0 Å². The van der Waals surface area contributed by atoms with Crippen LogP contribution in [0.3, 0.4) is 0 Å². The van der Waals surface area contributed by atoms with Crippen LogP contribution in [0.15, 0.2) is 10.5 Å². The zero-order chi connectivity index (χ0) is 9.14. The van der Waals surface area contributed by atoms with Gasteiger partial charge in [-0.3, -0.25) is 4.79 Å². The number of carbonyl (C=O) groups excluding carboxylic acids is 2. The Morgan fingerprint density at radius 3 is 2.83 bits per heavy atom. The van der Waals surface area contributed by atoms with Gasteiger partial charge in [-0.2, -0.15) is 0 Å². The first-order valence-corrected chi connectivity index (χ1v) is 4.62. The summed E-state index contributed by atoms with van der Waals surface area (Å²) in [5.41, 5.74) is 0. The third-order valence-electron chi connectivity index (χ3n) is 1.19. The van der Waals surface area contributed by atoms with Gasteiger partial charge in [-0.05, 0) is 22.0 Å². The molecular formula is C7H5BrO3S. The quantitative estimate of drug-likeness (QED) is 0.595. The van der Waals surface area contributed by atoms with Crippen LogP contribution in [0.2, 0.25) is 0 Å². The zero-order valence-electron chi connectivity index (χ0n) is 6.17. The molecule has 0 aromatic carbocycles. The second-order valence-corrected chi connectivity index (χ2v) is 3.87. The summed E-state index contributed by atoms with van der Waals surface area (Å²) in [5.74, 6) is -0.431. The summed E-state index contributed by atoms with van der Waals surface area (Å²) in [6.45, 7) is 0. The highest BCUT2D eigenvalue weighted by atomic mass is 79.9. The molecule has 5 heteroatoms. The second-order valence-electron chi connectivity index (χ2n) is 1.94. The summed E-state index contributed by atoms with van der Waals surface area (Å²) in [6.07, 6.45) is 0.696. The molecule has 0 radical (unpaired) electrons. The number of ether oxygens (including phenoxy) is 1. The van der Waals surface area contributed by atoms with Crippen molar-refractivity contribution in [3.8, 4) is 0 Å². The van der Waals surface area contributed by atoms with E-state index in [9.17, 15) is 9.59 Å². The highest BCUT2D eigenvalue weighted by Crippen LogP contribution is 2.26. The number of aldehydes is 1. The van der Waals surface area contributed by atoms with E-state index in [0.717, 1.165) is 11.3 Å². The van der Waals surface area contributed by atoms with Crippen LogP contribution in [0.4, 0.5) is 0 Å². The van der Waals surface area contributed by atoms with Gasteiger partial charge in [-0.1, -0.05) is 0 Å². The number of rotatable bonds is 2. The first kappa shape index (κ1) is 9.41. The molecule has 12 heavy (non-hydrogen) atoms. The van der Waals surface area contributed by atoms with Crippen molar-refractivity contribution in [2.24, 2.45) is 0 Å². The Kier molecular flexibility index (Phi) is 2.99. The minimum Gasteiger partial charge on any atom is -0.465 e. The Hall–Kier alpha value is -0.680. The summed E-state index contributed by atoms with van der Waals surface area (Å²) in [7, 11) is 1.30. The van der Waals surface area contributed by atoms with Crippen LogP contribution >= 0.6 is 27.3 Å². The molecular weight excluding hydrogens is 244 g/mol. The van der Waals surface area contributed by atoms with E-state index in [1.54, 1.807) is 6.07 Å². The van der Waals surface area contributed by atoms with Crippen LogP contribution in [0, 0.1) is 0 Å². The lowest BCUT2D eigenvalue weighted by Crippen LogP contribution is -1.97. The van der Waals surface area contributed by atoms with Crippen LogP contribution in [0.5, 0.6) is 0 Å². The topological polar surface area (TPSA) is 43.4 Å². The predicted octanol–water partition coefficient (Wildman–Crippen LogP) is 2.11. The molecule has 0 aliphatic heterocycles. The normalized spacial score (nSPS) is 9.50. The number of halogens is 1. The molecule has 0 saturated carbocycles. The number of hydrogen-bond donors (Lipinski definition) is 0. The van der Waals surface area contributed by atoms with Crippen LogP contribution in [-0.4, -0.2) is 19.4 Å². The molecule has 0 amide bonds. The molecule has 0 fully saturated rings. The molecule has 1 aromatic heterocycles. The van der Waals surface area contributed by atoms with Crippen LogP contribution < -0.4 is 0 Å². The number of esters is 1. The van der Waals surface area contributed by atoms with Crippen molar-refractivity contribution in [1.29, 1.82) is 0 Å². The first-order valence-electron chi connectivity index (χ1n) is 3.02. The summed E-state index contributed by atoms with van der Waals surface area (Å²) < 4.78 is 5.10. The number of carbonyl (C=O) groups is 2. The average Bonchev–Trinajstić information content (AvgIpc) is 2.45. The van der Waals surface area contributed by atoms with E-state index in [-0.39, 0.29) is 0 Å². The van der Waals surface area contributed by atoms with Gasteiger partial charge in [0.1, 0.15) is 4.88 Å². The van der Waals surface area contributed by atoms with Crippen molar-refractivity contribution in [3.05, 3.63) is 20.3 Å². The Bertz CT molecular complexity index is 318. The minimum atomic E-state index is -0.431. The minimum absolute atomic E-state index is 0.416. The van der Waals surface area contributed by atoms with E-state index >= 15 is 0 Å². The molecule has 0 saturated heterocycles. The van der Waals surface area contributed by atoms with Crippen LogP contribution in [0.1, 0.15) is 19.3 Å². The molecule has 3 nitrogen and oxygen atoms in total. The van der Waals surface area contributed by atoms with Gasteiger partial charge in [-0.25, -0.2) is 4.79 Å². The molecule has 0 spiro atoms. The maximum atomic E-state index is 11.0. The van der Waals surface area contributed by atoms with Gasteiger partial charge in [0.05, 0.1) is 12.0 Å². The van der Waals surface area contributed by atoms with Crippen molar-refractivity contribution in [2.45, 2.75) is 0 Å². The van der Waals surface area contributed by atoms with Crippen molar-refractivity contribution in [2.75, 3.05) is 7.11 Å². The number of hydrogen-bond acceptors (Lipinski definition) is 4. The third kappa shape index (κ3) is 1.73. The second kappa shape index (κ2) is 3.82. The zero-order valence-corrected chi connectivity index (χ0v) is 8.57. The van der Waals surface area contributed by atoms with E-state index in [2.05, 4.69) is 20.7 Å². The molecule has 1 rings (SSSR count). The van der Waals surface area contributed by atoms with Gasteiger partial charge in [0, 0.05) is 4.47 Å². The summed E-state index contributed by atoms with van der Waals surface area (Å²) in [5, 5.41) is 0. The lowest BCUT2D eigenvalue weighted by atomic mass is 10.4. The summed E-state index contributed by atoms with van der Waals surface area (Å²) >= 11 is 4.25. The van der Waals surface area contributed by atoms with Crippen LogP contribution in [-0.2, 0) is 4.74 Å². The van der Waals surface area contributed by atoms with E-state index < -0.39 is 5.97 Å². The largest absolute Gasteiger partial charge is 0.465 e. The van der Waals surface area contributed by atoms with Crippen molar-refractivity contribution >= 4 is 39.5 Å². The summed E-state index contributed by atoms with van der Waals surface area (Å²) in [4.78, 5) is 22.2. The molecule has 0 N–H and O–H groups in total. The van der Waals surface area contributed by atoms with E-state index in [1.165, 1.54) is 7.11 Å². The molecule has 1 aromatic rings. The highest BCUT2D eigenvalue weighted by molar-refractivity contribution is 9.10. The summed E-state index contributed by atoms with van der Waals surface area (Å²) in [6, 6.07) is 1.59. The molecule has 0 aliphatic carbocycles. The smallest absolute Gasteiger partial charge is 0.349 e. The number of methoxy groups -OCH3 is 1. The molecule has 64 valence electrons. The standard InChI is InChI=1S/C7H5BrO3S/c1-11-7(10)6-5(8)2-4(3-9)12-6/h2-3H,1H3. The Morgan fingerprint density at radius 1 is 1.75 bits per heavy atom. The monoisotopic (exact) mass is 248 g/mol. The van der Waals surface area contributed by atoms with E-state index in [4.69, 9.17) is 0 Å². The lowest BCUT2D eigenvalue weighted by molar-refractivity contribution is 0.0605. The molecule has 0 unspecified atom stereocenters. The van der Waals surface area contributed by atoms with Gasteiger partial charge in [0.25, 0.3) is 0 Å². The van der Waals surface area contributed by atoms with Gasteiger partial charge >= 0.3 is 5.97 Å². The predicted molar refractivity (Wildman–Crippen MR) is 48.7 cm³/mol. The van der Waals surface area contributed by atoms with Crippen molar-refractivity contribution < 1.29 is 14.3 Å².